The number of aryl methyl sites for hydroxylation is 2. The minimum Gasteiger partial charge on any atom is -0.496 e. The molecule has 1 rings (SSSR count). The Morgan fingerprint density at radius 1 is 1.32 bits per heavy atom. The quantitative estimate of drug-likeness (QED) is 0.831. The first-order valence-corrected chi connectivity index (χ1v) is 6.99. The zero-order valence-corrected chi connectivity index (χ0v) is 12.7. The Morgan fingerprint density at radius 3 is 2.47 bits per heavy atom. The fourth-order valence-corrected chi connectivity index (χ4v) is 2.57. The van der Waals surface area contributed by atoms with Crippen molar-refractivity contribution in [3.63, 3.8) is 0 Å². The number of hydrogen-bond acceptors (Lipinski definition) is 3. The van der Waals surface area contributed by atoms with Crippen LogP contribution in [-0.4, -0.2) is 24.4 Å². The van der Waals surface area contributed by atoms with Crippen molar-refractivity contribution in [3.8, 4) is 5.75 Å². The van der Waals surface area contributed by atoms with Gasteiger partial charge in [-0.25, -0.2) is 0 Å². The molecule has 0 aromatic heterocycles. The summed E-state index contributed by atoms with van der Waals surface area (Å²) in [6, 6.07) is 4.10. The average molecular weight is 265 g/mol. The molecule has 1 aromatic rings. The highest BCUT2D eigenvalue weighted by Crippen LogP contribution is 2.33. The van der Waals surface area contributed by atoms with E-state index in [-0.39, 0.29) is 12.0 Å². The van der Waals surface area contributed by atoms with Gasteiger partial charge in [-0.1, -0.05) is 31.5 Å². The molecule has 3 N–H and O–H groups in total. The van der Waals surface area contributed by atoms with Gasteiger partial charge in [0, 0.05) is 6.04 Å². The lowest BCUT2D eigenvalue weighted by atomic mass is 9.89. The Labute approximate surface area is 116 Å². The van der Waals surface area contributed by atoms with Crippen LogP contribution >= 0.6 is 0 Å². The number of hydrogen-bond donors (Lipinski definition) is 2. The molecule has 0 fully saturated rings. The van der Waals surface area contributed by atoms with Gasteiger partial charge in [-0.15, -0.1) is 0 Å². The van der Waals surface area contributed by atoms with E-state index in [4.69, 9.17) is 10.5 Å². The summed E-state index contributed by atoms with van der Waals surface area (Å²) in [5, 5.41) is 10.1. The van der Waals surface area contributed by atoms with E-state index < -0.39 is 6.10 Å². The molecule has 0 amide bonds. The molecule has 3 nitrogen and oxygen atoms in total. The average Bonchev–Trinajstić information content (AvgIpc) is 2.36. The number of methoxy groups -OCH3 is 1. The smallest absolute Gasteiger partial charge is 0.125 e. The van der Waals surface area contributed by atoms with Gasteiger partial charge < -0.3 is 15.6 Å². The first-order chi connectivity index (χ1) is 8.90. The van der Waals surface area contributed by atoms with Crippen molar-refractivity contribution >= 4 is 0 Å². The van der Waals surface area contributed by atoms with Crippen molar-refractivity contribution in [2.24, 2.45) is 5.73 Å². The van der Waals surface area contributed by atoms with Gasteiger partial charge in [0.25, 0.3) is 0 Å². The van der Waals surface area contributed by atoms with E-state index in [1.54, 1.807) is 7.11 Å². The van der Waals surface area contributed by atoms with Crippen LogP contribution in [0.25, 0.3) is 0 Å². The van der Waals surface area contributed by atoms with Gasteiger partial charge in [0.15, 0.2) is 0 Å². The van der Waals surface area contributed by atoms with Crippen LogP contribution in [0.5, 0.6) is 5.75 Å². The molecule has 0 spiro atoms. The van der Waals surface area contributed by atoms with Crippen LogP contribution in [0.15, 0.2) is 12.1 Å². The van der Waals surface area contributed by atoms with Gasteiger partial charge in [-0.3, -0.25) is 0 Å². The van der Waals surface area contributed by atoms with Crippen LogP contribution in [0.1, 0.15) is 49.3 Å². The van der Waals surface area contributed by atoms with Crippen molar-refractivity contribution in [3.05, 3.63) is 28.8 Å². The Hall–Kier alpha value is -1.06. The lowest BCUT2D eigenvalue weighted by molar-refractivity contribution is 0.126. The summed E-state index contributed by atoms with van der Waals surface area (Å²) in [7, 11) is 1.70. The Bertz CT molecular complexity index is 417. The Balaban J connectivity index is 2.96. The third kappa shape index (κ3) is 3.95. The number of nitrogens with two attached hydrogens (primary N) is 1. The minimum atomic E-state index is -0.467. The van der Waals surface area contributed by atoms with Gasteiger partial charge in [-0.2, -0.15) is 0 Å². The first kappa shape index (κ1) is 16.0. The molecule has 0 aliphatic rings. The second-order valence-corrected chi connectivity index (χ2v) is 5.48. The molecule has 19 heavy (non-hydrogen) atoms. The van der Waals surface area contributed by atoms with Crippen LogP contribution in [0.2, 0.25) is 0 Å². The van der Waals surface area contributed by atoms with Crippen molar-refractivity contribution in [2.45, 2.75) is 58.6 Å². The topological polar surface area (TPSA) is 55.5 Å². The van der Waals surface area contributed by atoms with Gasteiger partial charge in [0.05, 0.1) is 13.2 Å². The predicted molar refractivity (Wildman–Crippen MR) is 79.8 cm³/mol. The van der Waals surface area contributed by atoms with Crippen molar-refractivity contribution in [1.29, 1.82) is 0 Å². The number of aliphatic hydroxyl groups is 1. The summed E-state index contributed by atoms with van der Waals surface area (Å²) in [5.41, 5.74) is 9.40. The normalized spacial score (nSPS) is 15.9. The van der Waals surface area contributed by atoms with Gasteiger partial charge in [-0.05, 0) is 43.7 Å². The van der Waals surface area contributed by atoms with E-state index in [0.29, 0.717) is 6.42 Å². The predicted octanol–water partition coefficient (Wildman–Crippen LogP) is 2.90. The first-order valence-electron chi connectivity index (χ1n) is 6.99. The molecule has 108 valence electrons. The molecule has 0 aliphatic heterocycles. The third-order valence-electron chi connectivity index (χ3n) is 3.74. The molecule has 0 aliphatic carbocycles. The van der Waals surface area contributed by atoms with Crippen molar-refractivity contribution < 1.29 is 9.84 Å². The third-order valence-corrected chi connectivity index (χ3v) is 3.74. The standard InChI is InChI=1S/C16H27NO2/c1-6-14(17)15(18)9-11(3)13-8-10(2)7-12(4)16(13)19-5/h7-8,11,14-15,18H,6,9,17H2,1-5H3. The highest BCUT2D eigenvalue weighted by Gasteiger charge is 2.20. The van der Waals surface area contributed by atoms with E-state index in [9.17, 15) is 5.11 Å². The van der Waals surface area contributed by atoms with E-state index in [2.05, 4.69) is 32.9 Å². The van der Waals surface area contributed by atoms with E-state index >= 15 is 0 Å². The molecule has 3 unspecified atom stereocenters. The van der Waals surface area contributed by atoms with E-state index in [1.807, 2.05) is 6.92 Å². The van der Waals surface area contributed by atoms with E-state index in [1.165, 1.54) is 5.56 Å². The van der Waals surface area contributed by atoms with E-state index in [0.717, 1.165) is 23.3 Å². The number of ether oxygens (including phenoxy) is 1. The lowest BCUT2D eigenvalue weighted by Gasteiger charge is -2.23. The van der Waals surface area contributed by atoms with Crippen LogP contribution in [0.3, 0.4) is 0 Å². The maximum atomic E-state index is 10.1. The fraction of sp³-hybridized carbons (Fsp3) is 0.625. The SMILES string of the molecule is CCC(N)C(O)CC(C)c1cc(C)cc(C)c1OC. The molecule has 3 heteroatoms. The van der Waals surface area contributed by atoms with Crippen molar-refractivity contribution in [1.82, 2.24) is 0 Å². The highest BCUT2D eigenvalue weighted by atomic mass is 16.5. The summed E-state index contributed by atoms with van der Waals surface area (Å²) >= 11 is 0. The van der Waals surface area contributed by atoms with Gasteiger partial charge in [0.1, 0.15) is 5.75 Å². The number of aliphatic hydroxyl groups excluding tert-OH is 1. The second-order valence-electron chi connectivity index (χ2n) is 5.48. The molecular weight excluding hydrogens is 238 g/mol. The summed E-state index contributed by atoms with van der Waals surface area (Å²) in [5.74, 6) is 1.15. The summed E-state index contributed by atoms with van der Waals surface area (Å²) in [6.07, 6.45) is 0.983. The molecule has 3 atom stereocenters. The largest absolute Gasteiger partial charge is 0.496 e. The van der Waals surface area contributed by atoms with Crippen LogP contribution in [-0.2, 0) is 0 Å². The molecule has 0 saturated carbocycles. The molecule has 0 bridgehead atoms. The highest BCUT2D eigenvalue weighted by molar-refractivity contribution is 5.45. The molecule has 0 heterocycles. The molecule has 1 aromatic carbocycles. The summed E-state index contributed by atoms with van der Waals surface area (Å²) in [6.45, 7) is 8.24. The maximum Gasteiger partial charge on any atom is 0.125 e. The summed E-state index contributed by atoms with van der Waals surface area (Å²) in [4.78, 5) is 0. The van der Waals surface area contributed by atoms with Crippen molar-refractivity contribution in [2.75, 3.05) is 7.11 Å². The molecular formula is C16H27NO2. The fourth-order valence-electron chi connectivity index (χ4n) is 2.57. The molecule has 0 radical (unpaired) electrons. The zero-order chi connectivity index (χ0) is 14.6. The monoisotopic (exact) mass is 265 g/mol. The zero-order valence-electron chi connectivity index (χ0n) is 12.7. The number of rotatable bonds is 6. The van der Waals surface area contributed by atoms with Crippen LogP contribution in [0, 0.1) is 13.8 Å². The van der Waals surface area contributed by atoms with Gasteiger partial charge >= 0.3 is 0 Å². The lowest BCUT2D eigenvalue weighted by Crippen LogP contribution is -2.34. The van der Waals surface area contributed by atoms with Crippen LogP contribution in [0.4, 0.5) is 0 Å². The number of benzene rings is 1. The van der Waals surface area contributed by atoms with Gasteiger partial charge in [0.2, 0.25) is 0 Å². The minimum absolute atomic E-state index is 0.153. The molecule has 0 saturated heterocycles. The maximum absolute atomic E-state index is 10.1. The van der Waals surface area contributed by atoms with Crippen LogP contribution < -0.4 is 10.5 Å². The summed E-state index contributed by atoms with van der Waals surface area (Å²) < 4.78 is 5.51. The Kier molecular flexibility index (Phi) is 5.83. The Morgan fingerprint density at radius 2 is 1.95 bits per heavy atom. The second kappa shape index (κ2) is 6.92.